The summed E-state index contributed by atoms with van der Waals surface area (Å²) >= 11 is 0. The molecule has 25 heavy (non-hydrogen) atoms. The predicted octanol–water partition coefficient (Wildman–Crippen LogP) is 2.50. The Morgan fingerprint density at radius 3 is 2.80 bits per heavy atom. The first kappa shape index (κ1) is 20.1. The third kappa shape index (κ3) is 5.66. The molecule has 142 valence electrons. The number of nitrogens with zero attached hydrogens (tertiary/aromatic N) is 3. The Morgan fingerprint density at radius 1 is 1.52 bits per heavy atom. The number of imidazole rings is 1. The Labute approximate surface area is 151 Å². The molecule has 6 nitrogen and oxygen atoms in total. The maximum Gasteiger partial charge on any atom is 0.227 e. The summed E-state index contributed by atoms with van der Waals surface area (Å²) in [5.41, 5.74) is 1.99. The van der Waals surface area contributed by atoms with E-state index in [2.05, 4.69) is 30.3 Å². The molecule has 1 aliphatic rings. The number of likely N-dealkylation sites (N-methyl/N-ethyl adjacent to an activating group) is 1. The van der Waals surface area contributed by atoms with Crippen LogP contribution in [-0.2, 0) is 27.7 Å². The summed E-state index contributed by atoms with van der Waals surface area (Å²) in [4.78, 5) is 6.40. The van der Waals surface area contributed by atoms with Crippen molar-refractivity contribution in [3.05, 3.63) is 24.0 Å². The third-order valence-electron chi connectivity index (χ3n) is 4.13. The maximum absolute atomic E-state index is 12.9. The highest BCUT2D eigenvalue weighted by atomic mass is 32.2. The molecular weight excluding hydrogens is 338 g/mol. The third-order valence-corrected chi connectivity index (χ3v) is 5.82. The molecule has 1 fully saturated rings. The zero-order chi connectivity index (χ0) is 18.6. The fourth-order valence-corrected chi connectivity index (χ4v) is 4.86. The summed E-state index contributed by atoms with van der Waals surface area (Å²) in [6, 6.07) is 0. The van der Waals surface area contributed by atoms with Gasteiger partial charge in [-0.1, -0.05) is 26.0 Å². The first-order valence-electron chi connectivity index (χ1n) is 8.90. The van der Waals surface area contributed by atoms with Crippen molar-refractivity contribution < 1.29 is 13.2 Å². The van der Waals surface area contributed by atoms with Gasteiger partial charge in [-0.05, 0) is 32.7 Å². The number of ether oxygens (including phenoxy) is 1. The van der Waals surface area contributed by atoms with Gasteiger partial charge in [0.1, 0.15) is 0 Å². The molecule has 1 aliphatic heterocycles. The minimum Gasteiger partial charge on any atom is -0.377 e. The molecule has 0 aliphatic carbocycles. The second kappa shape index (κ2) is 8.47. The molecule has 1 unspecified atom stereocenters. The molecule has 2 heterocycles. The molecule has 0 radical (unpaired) electrons. The normalized spacial score (nSPS) is 18.4. The van der Waals surface area contributed by atoms with E-state index in [1.165, 1.54) is 0 Å². The topological polar surface area (TPSA) is 64.4 Å². The number of hydrogen-bond acceptors (Lipinski definition) is 5. The van der Waals surface area contributed by atoms with Crippen molar-refractivity contribution in [2.75, 3.05) is 26.0 Å². The lowest BCUT2D eigenvalue weighted by Crippen LogP contribution is -2.26. The zero-order valence-corrected chi connectivity index (χ0v) is 16.7. The lowest BCUT2D eigenvalue weighted by molar-refractivity contribution is 0.127. The van der Waals surface area contributed by atoms with E-state index in [4.69, 9.17) is 4.74 Å². The molecule has 1 aromatic heterocycles. The van der Waals surface area contributed by atoms with E-state index in [1.807, 2.05) is 18.5 Å². The van der Waals surface area contributed by atoms with E-state index in [-0.39, 0.29) is 17.0 Å². The van der Waals surface area contributed by atoms with Crippen molar-refractivity contribution >= 4 is 9.84 Å². The van der Waals surface area contributed by atoms with Crippen LogP contribution in [-0.4, -0.2) is 54.9 Å². The van der Waals surface area contributed by atoms with Crippen LogP contribution in [0.2, 0.25) is 0 Å². The largest absolute Gasteiger partial charge is 0.377 e. The van der Waals surface area contributed by atoms with E-state index in [1.54, 1.807) is 6.20 Å². The first-order chi connectivity index (χ1) is 11.7. The van der Waals surface area contributed by atoms with Gasteiger partial charge in [0.25, 0.3) is 0 Å². The highest BCUT2D eigenvalue weighted by Crippen LogP contribution is 2.21. The molecule has 1 atom stereocenters. The van der Waals surface area contributed by atoms with Crippen LogP contribution in [0.5, 0.6) is 0 Å². The van der Waals surface area contributed by atoms with Gasteiger partial charge < -0.3 is 9.30 Å². The minimum atomic E-state index is -3.47. The van der Waals surface area contributed by atoms with Crippen molar-refractivity contribution in [1.82, 2.24) is 14.5 Å². The van der Waals surface area contributed by atoms with Crippen LogP contribution in [0.1, 0.15) is 39.3 Å². The fourth-order valence-electron chi connectivity index (χ4n) is 3.22. The number of sulfone groups is 1. The minimum absolute atomic E-state index is 0.0170. The smallest absolute Gasteiger partial charge is 0.227 e. The maximum atomic E-state index is 12.9. The van der Waals surface area contributed by atoms with E-state index in [0.717, 1.165) is 30.7 Å². The van der Waals surface area contributed by atoms with Crippen molar-refractivity contribution in [3.8, 4) is 0 Å². The zero-order valence-electron chi connectivity index (χ0n) is 15.9. The molecule has 7 heteroatoms. The second-order valence-electron chi connectivity index (χ2n) is 7.58. The summed E-state index contributed by atoms with van der Waals surface area (Å²) in [6.45, 7) is 12.8. The van der Waals surface area contributed by atoms with E-state index in [0.29, 0.717) is 25.6 Å². The van der Waals surface area contributed by atoms with Gasteiger partial charge in [-0.25, -0.2) is 13.4 Å². The molecule has 0 spiro atoms. The standard InChI is InChI=1S/C18H31N3O3S/c1-14(2)10-20(5)12-16-9-19-18(21(16)11-15(3)4)25(22,23)13-17-7-6-8-24-17/h9,15,17H,1,6-8,10-13H2,2-5H3. The lowest BCUT2D eigenvalue weighted by Gasteiger charge is -2.20. The first-order valence-corrected chi connectivity index (χ1v) is 10.6. The monoisotopic (exact) mass is 369 g/mol. The van der Waals surface area contributed by atoms with Gasteiger partial charge in [0.15, 0.2) is 0 Å². The molecule has 0 amide bonds. The summed E-state index contributed by atoms with van der Waals surface area (Å²) in [6.07, 6.45) is 3.22. The van der Waals surface area contributed by atoms with Crippen molar-refractivity contribution in [1.29, 1.82) is 0 Å². The van der Waals surface area contributed by atoms with Crippen LogP contribution in [0.25, 0.3) is 0 Å². The molecule has 0 N–H and O–H groups in total. The Hall–Kier alpha value is -1.18. The fraction of sp³-hybridized carbons (Fsp3) is 0.722. The quantitative estimate of drug-likeness (QED) is 0.626. The van der Waals surface area contributed by atoms with Crippen LogP contribution >= 0.6 is 0 Å². The number of aromatic nitrogens is 2. The van der Waals surface area contributed by atoms with Crippen LogP contribution in [0.4, 0.5) is 0 Å². The molecule has 1 saturated heterocycles. The van der Waals surface area contributed by atoms with Gasteiger partial charge in [-0.2, -0.15) is 0 Å². The van der Waals surface area contributed by atoms with E-state index in [9.17, 15) is 8.42 Å². The Bertz CT molecular complexity index is 688. The average molecular weight is 370 g/mol. The van der Waals surface area contributed by atoms with Gasteiger partial charge in [0, 0.05) is 26.2 Å². The Kier molecular flexibility index (Phi) is 6.82. The van der Waals surface area contributed by atoms with Crippen molar-refractivity contribution in [2.24, 2.45) is 5.92 Å². The average Bonchev–Trinajstić information content (AvgIpc) is 3.08. The number of hydrogen-bond donors (Lipinski definition) is 0. The number of rotatable bonds is 9. The van der Waals surface area contributed by atoms with Gasteiger partial charge in [-0.15, -0.1) is 0 Å². The van der Waals surface area contributed by atoms with Crippen LogP contribution in [0.3, 0.4) is 0 Å². The summed E-state index contributed by atoms with van der Waals surface area (Å²) in [5, 5.41) is 0.176. The van der Waals surface area contributed by atoms with Gasteiger partial charge in [-0.3, -0.25) is 4.90 Å². The van der Waals surface area contributed by atoms with Crippen molar-refractivity contribution in [2.45, 2.75) is 58.0 Å². The van der Waals surface area contributed by atoms with E-state index >= 15 is 0 Å². The highest BCUT2D eigenvalue weighted by molar-refractivity contribution is 7.91. The molecular formula is C18H31N3O3S. The predicted molar refractivity (Wildman–Crippen MR) is 99.2 cm³/mol. The Balaban J connectivity index is 2.25. The lowest BCUT2D eigenvalue weighted by atomic mass is 10.2. The van der Waals surface area contributed by atoms with Crippen molar-refractivity contribution in [3.63, 3.8) is 0 Å². The molecule has 1 aromatic rings. The Morgan fingerprint density at radius 2 is 2.24 bits per heavy atom. The van der Waals surface area contributed by atoms with Crippen LogP contribution < -0.4 is 0 Å². The van der Waals surface area contributed by atoms with Crippen LogP contribution in [0.15, 0.2) is 23.5 Å². The van der Waals surface area contributed by atoms with E-state index < -0.39 is 9.84 Å². The summed E-state index contributed by atoms with van der Waals surface area (Å²) in [5.74, 6) is 0.347. The molecule has 2 rings (SSSR count). The van der Waals surface area contributed by atoms with Gasteiger partial charge in [0.05, 0.1) is 23.7 Å². The van der Waals surface area contributed by atoms with Gasteiger partial charge >= 0.3 is 0 Å². The second-order valence-corrected chi connectivity index (χ2v) is 9.51. The molecule has 0 aromatic carbocycles. The summed E-state index contributed by atoms with van der Waals surface area (Å²) in [7, 11) is -1.47. The van der Waals surface area contributed by atoms with Crippen LogP contribution in [0, 0.1) is 5.92 Å². The highest BCUT2D eigenvalue weighted by Gasteiger charge is 2.29. The summed E-state index contributed by atoms with van der Waals surface area (Å²) < 4.78 is 33.1. The molecule has 0 bridgehead atoms. The molecule has 0 saturated carbocycles. The van der Waals surface area contributed by atoms with Gasteiger partial charge in [0.2, 0.25) is 15.0 Å². The SMILES string of the molecule is C=C(C)CN(C)Cc1cnc(S(=O)(=O)CC2CCCO2)n1CC(C)C.